The van der Waals surface area contributed by atoms with Crippen LogP contribution in [0.15, 0.2) is 48.5 Å². The first-order valence-electron chi connectivity index (χ1n) is 11.9. The second-order valence-corrected chi connectivity index (χ2v) is 14.2. The van der Waals surface area contributed by atoms with E-state index in [1.165, 1.54) is 54.9 Å². The van der Waals surface area contributed by atoms with Crippen LogP contribution in [0.5, 0.6) is 0 Å². The average Bonchev–Trinajstić information content (AvgIpc) is 3.42. The van der Waals surface area contributed by atoms with Gasteiger partial charge in [0.25, 0.3) is 0 Å². The van der Waals surface area contributed by atoms with Gasteiger partial charge in [-0.15, -0.1) is 68.1 Å². The molecule has 4 aromatic carbocycles. The van der Waals surface area contributed by atoms with Gasteiger partial charge in [-0.1, -0.05) is 77.9 Å². The number of fused-ring (bicyclic) bond motifs is 2. The maximum absolute atomic E-state index is 4.93. The molecule has 0 bridgehead atoms. The van der Waals surface area contributed by atoms with Crippen molar-refractivity contribution in [1.82, 2.24) is 0 Å². The minimum atomic E-state index is -0.826. The van der Waals surface area contributed by atoms with Crippen molar-refractivity contribution in [2.24, 2.45) is 0 Å². The predicted octanol–water partition coefficient (Wildman–Crippen LogP) is 10.8. The van der Waals surface area contributed by atoms with E-state index in [2.05, 4.69) is 117 Å². The summed E-state index contributed by atoms with van der Waals surface area (Å²) in [5, 5.41) is 5.70. The molecule has 0 saturated carbocycles. The van der Waals surface area contributed by atoms with Crippen molar-refractivity contribution in [3.05, 3.63) is 81.9 Å². The molecule has 0 atom stereocenters. The predicted molar refractivity (Wildman–Crippen MR) is 155 cm³/mol. The third kappa shape index (κ3) is 8.77. The van der Waals surface area contributed by atoms with Crippen molar-refractivity contribution in [3.8, 4) is 0 Å². The zero-order valence-electron chi connectivity index (χ0n) is 22.5. The van der Waals surface area contributed by atoms with Crippen molar-refractivity contribution >= 4 is 48.1 Å². The van der Waals surface area contributed by atoms with Gasteiger partial charge in [0, 0.05) is 9.52 Å². The van der Waals surface area contributed by atoms with Crippen molar-refractivity contribution in [3.63, 3.8) is 0 Å². The number of benzene rings is 2. The maximum atomic E-state index is 4.93. The van der Waals surface area contributed by atoms with E-state index in [0.29, 0.717) is 11.8 Å². The van der Waals surface area contributed by atoms with Gasteiger partial charge in [-0.3, -0.25) is 0 Å². The molecular formula is C30H40Cl2SiZr. The normalized spacial score (nSPS) is 10.3. The molecule has 0 unspecified atom stereocenters. The number of hydrogen-bond donors (Lipinski definition) is 0. The molecule has 0 nitrogen and oxygen atoms in total. The molecule has 182 valence electrons. The second kappa shape index (κ2) is 15.5. The fraction of sp³-hybridized carbons (Fsp3) is 0.400. The van der Waals surface area contributed by atoms with Crippen molar-refractivity contribution in [2.45, 2.75) is 80.3 Å². The van der Waals surface area contributed by atoms with Crippen LogP contribution in [0.25, 0.3) is 21.5 Å². The molecule has 34 heavy (non-hydrogen) atoms. The van der Waals surface area contributed by atoms with Crippen molar-refractivity contribution < 1.29 is 20.8 Å². The van der Waals surface area contributed by atoms with Gasteiger partial charge in [0.15, 0.2) is 0 Å². The van der Waals surface area contributed by atoms with Gasteiger partial charge in [-0.2, -0.15) is 12.1 Å². The summed E-state index contributed by atoms with van der Waals surface area (Å²) in [6.45, 7) is 22.0. The molecule has 0 aliphatic carbocycles. The number of halogens is 2. The zero-order valence-corrected chi connectivity index (χ0v) is 27.5. The quantitative estimate of drug-likeness (QED) is 0.161. The summed E-state index contributed by atoms with van der Waals surface area (Å²) in [6, 6.07) is 18.2. The molecule has 0 N–H and O–H groups in total. The van der Waals surface area contributed by atoms with E-state index in [1.807, 2.05) is 0 Å². The van der Waals surface area contributed by atoms with Gasteiger partial charge < -0.3 is 0 Å². The van der Waals surface area contributed by atoms with Crippen LogP contribution in [-0.2, 0) is 20.8 Å². The summed E-state index contributed by atoms with van der Waals surface area (Å²) >= 11 is -0.826. The second-order valence-electron chi connectivity index (χ2n) is 9.51. The molecule has 4 heteroatoms. The summed E-state index contributed by atoms with van der Waals surface area (Å²) in [7, 11) is 11.0. The van der Waals surface area contributed by atoms with Gasteiger partial charge in [0.1, 0.15) is 0 Å². The SMILES string of the molecule is C[Si]C.Cc1ccc(C)c2[cH-]c(C(C)C)cc12.Cc1ccc(C)c2[cH-]c(C(C)C)cc12.[Cl][Zr+2][Cl]. The third-order valence-electron chi connectivity index (χ3n) is 6.02. The van der Waals surface area contributed by atoms with Crippen LogP contribution in [0, 0.1) is 27.7 Å². The fourth-order valence-electron chi connectivity index (χ4n) is 3.89. The minimum absolute atomic E-state index is 0.626. The molecule has 4 rings (SSSR count). The van der Waals surface area contributed by atoms with E-state index >= 15 is 0 Å². The summed E-state index contributed by atoms with van der Waals surface area (Å²) in [5.41, 5.74) is 8.46. The Morgan fingerprint density at radius 2 is 0.912 bits per heavy atom. The Kier molecular flexibility index (Phi) is 14.3. The Morgan fingerprint density at radius 3 is 1.15 bits per heavy atom. The van der Waals surface area contributed by atoms with Crippen LogP contribution >= 0.6 is 17.0 Å². The van der Waals surface area contributed by atoms with Crippen LogP contribution in [0.3, 0.4) is 0 Å². The van der Waals surface area contributed by atoms with Gasteiger partial charge >= 0.3 is 37.9 Å². The van der Waals surface area contributed by atoms with E-state index in [1.54, 1.807) is 0 Å². The first kappa shape index (κ1) is 31.4. The average molecular weight is 591 g/mol. The first-order valence-corrected chi connectivity index (χ1v) is 20.2. The third-order valence-corrected chi connectivity index (χ3v) is 6.02. The Bertz CT molecular complexity index is 982. The Hall–Kier alpha value is -0.660. The van der Waals surface area contributed by atoms with Crippen LogP contribution in [0.4, 0.5) is 0 Å². The van der Waals surface area contributed by atoms with E-state index in [4.69, 9.17) is 17.0 Å². The standard InChI is InChI=1S/2C14H17.C2H6Si.2ClH.Zr/c2*1-9(2)12-7-13-10(3)5-6-11(4)14(13)8-12;1-3-2;;;/h2*5-9H,1-4H3;1-2H3;2*1H;/q2*-1;;;;+4/p-2. The Labute approximate surface area is 229 Å². The summed E-state index contributed by atoms with van der Waals surface area (Å²) in [5.74, 6) is 1.25. The number of aryl methyl sites for hydroxylation is 4. The van der Waals surface area contributed by atoms with E-state index in [0.717, 1.165) is 9.52 Å². The van der Waals surface area contributed by atoms with Gasteiger partial charge in [0.05, 0.1) is 0 Å². The van der Waals surface area contributed by atoms with E-state index < -0.39 is 20.8 Å². The van der Waals surface area contributed by atoms with Gasteiger partial charge in [-0.25, -0.2) is 0 Å². The van der Waals surface area contributed by atoms with E-state index in [-0.39, 0.29) is 0 Å². The Balaban J connectivity index is 0.000000277. The van der Waals surface area contributed by atoms with Crippen molar-refractivity contribution in [2.75, 3.05) is 0 Å². The molecule has 0 fully saturated rings. The van der Waals surface area contributed by atoms with Crippen LogP contribution in [0.2, 0.25) is 13.1 Å². The molecule has 2 radical (unpaired) electrons. The molecule has 0 saturated heterocycles. The Morgan fingerprint density at radius 1 is 0.647 bits per heavy atom. The molecule has 0 spiro atoms. The molecule has 0 heterocycles. The topological polar surface area (TPSA) is 0 Å². The van der Waals surface area contributed by atoms with Gasteiger partial charge in [-0.05, 0) is 25.7 Å². The van der Waals surface area contributed by atoms with Gasteiger partial charge in [0.2, 0.25) is 0 Å². The first-order chi connectivity index (χ1) is 16.0. The zero-order chi connectivity index (χ0) is 26.0. The fourth-order valence-corrected chi connectivity index (χ4v) is 3.89. The summed E-state index contributed by atoms with van der Waals surface area (Å²) in [6.07, 6.45) is 0. The number of hydrogen-bond acceptors (Lipinski definition) is 0. The van der Waals surface area contributed by atoms with Crippen LogP contribution < -0.4 is 0 Å². The molecule has 0 aromatic heterocycles. The van der Waals surface area contributed by atoms with Crippen LogP contribution in [-0.4, -0.2) is 9.52 Å². The number of rotatable bonds is 2. The molecular weight excluding hydrogens is 551 g/mol. The molecule has 0 amide bonds. The van der Waals surface area contributed by atoms with Crippen molar-refractivity contribution in [1.29, 1.82) is 0 Å². The summed E-state index contributed by atoms with van der Waals surface area (Å²) in [4.78, 5) is 0. The van der Waals surface area contributed by atoms with E-state index in [9.17, 15) is 0 Å². The summed E-state index contributed by atoms with van der Waals surface area (Å²) < 4.78 is 0. The molecule has 4 aromatic rings. The monoisotopic (exact) mass is 588 g/mol. The molecule has 0 aliphatic rings. The molecule has 0 aliphatic heterocycles. The van der Waals surface area contributed by atoms with Crippen LogP contribution in [0.1, 0.15) is 72.9 Å².